The van der Waals surface area contributed by atoms with Gasteiger partial charge in [0.2, 0.25) is 0 Å². The Morgan fingerprint density at radius 2 is 1.83 bits per heavy atom. The first-order valence-electron chi connectivity index (χ1n) is 8.63. The van der Waals surface area contributed by atoms with E-state index in [0.717, 1.165) is 18.2 Å². The van der Waals surface area contributed by atoms with Gasteiger partial charge in [-0.05, 0) is 42.5 Å². The Bertz CT molecular complexity index is 1100. The number of nitrogens with zero attached hydrogens (tertiary/aromatic N) is 2. The summed E-state index contributed by atoms with van der Waals surface area (Å²) in [5, 5.41) is 13.4. The molecule has 156 valence electrons. The number of hydrogen-bond donors (Lipinski definition) is 1. The Balaban J connectivity index is 2.14. The van der Waals surface area contributed by atoms with Crippen molar-refractivity contribution < 1.29 is 32.5 Å². The Morgan fingerprint density at radius 3 is 2.47 bits per heavy atom. The lowest BCUT2D eigenvalue weighted by molar-refractivity contribution is -0.137. The maximum absolute atomic E-state index is 13.1. The van der Waals surface area contributed by atoms with Gasteiger partial charge < -0.3 is 14.6 Å². The molecular weight excluding hydrogens is 401 g/mol. The zero-order valence-corrected chi connectivity index (χ0v) is 16.0. The number of alkyl halides is 3. The first-order chi connectivity index (χ1) is 14.2. The van der Waals surface area contributed by atoms with Crippen LogP contribution in [0.5, 0.6) is 11.5 Å². The van der Waals surface area contributed by atoms with Gasteiger partial charge in [0.05, 0.1) is 25.5 Å². The molecule has 0 amide bonds. The lowest BCUT2D eigenvalue weighted by Crippen LogP contribution is -2.06. The Hall–Kier alpha value is -3.75. The van der Waals surface area contributed by atoms with Gasteiger partial charge in [-0.3, -0.25) is 0 Å². The number of aliphatic carboxylic acids is 1. The third-order valence-electron chi connectivity index (χ3n) is 4.24. The number of methoxy groups -OCH3 is 2. The van der Waals surface area contributed by atoms with E-state index in [1.54, 1.807) is 18.2 Å². The lowest BCUT2D eigenvalue weighted by Gasteiger charge is -2.09. The molecular formula is C21H17F3N2O4. The molecule has 0 saturated heterocycles. The number of carbonyl (C=O) groups is 1. The average molecular weight is 418 g/mol. The second-order valence-electron chi connectivity index (χ2n) is 6.17. The second-order valence-corrected chi connectivity index (χ2v) is 6.17. The van der Waals surface area contributed by atoms with Crippen molar-refractivity contribution in [2.75, 3.05) is 14.2 Å². The highest BCUT2D eigenvalue weighted by molar-refractivity contribution is 5.87. The number of carboxylic acid groups (broad SMARTS) is 1. The van der Waals surface area contributed by atoms with Gasteiger partial charge in [-0.15, -0.1) is 0 Å². The Morgan fingerprint density at radius 1 is 1.10 bits per heavy atom. The van der Waals surface area contributed by atoms with Crippen LogP contribution < -0.4 is 9.47 Å². The predicted octanol–water partition coefficient (Wildman–Crippen LogP) is 4.67. The van der Waals surface area contributed by atoms with Crippen molar-refractivity contribution in [2.45, 2.75) is 6.18 Å². The maximum atomic E-state index is 13.1. The van der Waals surface area contributed by atoms with E-state index in [1.807, 2.05) is 0 Å². The van der Waals surface area contributed by atoms with Gasteiger partial charge in [-0.1, -0.05) is 6.07 Å². The standard InChI is InChI=1S/C21H17F3N2O4/c1-29-17-8-6-13(10-18(17)30-2)20-14(7-9-19(27)28)12-26(25-20)16-5-3-4-15(11-16)21(22,23)24/h3-12H,1-2H3,(H,27,28)/b9-7+. The van der Waals surface area contributed by atoms with Crippen molar-refractivity contribution in [3.63, 3.8) is 0 Å². The molecule has 2 aromatic carbocycles. The number of benzene rings is 2. The summed E-state index contributed by atoms with van der Waals surface area (Å²) >= 11 is 0. The lowest BCUT2D eigenvalue weighted by atomic mass is 10.1. The minimum Gasteiger partial charge on any atom is -0.493 e. The van der Waals surface area contributed by atoms with E-state index in [-0.39, 0.29) is 5.69 Å². The average Bonchev–Trinajstić information content (AvgIpc) is 3.15. The van der Waals surface area contributed by atoms with Crippen molar-refractivity contribution in [3.05, 3.63) is 65.9 Å². The molecule has 0 aliphatic heterocycles. The minimum absolute atomic E-state index is 0.182. The van der Waals surface area contributed by atoms with Crippen LogP contribution >= 0.6 is 0 Å². The van der Waals surface area contributed by atoms with E-state index in [4.69, 9.17) is 14.6 Å². The van der Waals surface area contributed by atoms with Crippen LogP contribution in [0.15, 0.2) is 54.7 Å². The highest BCUT2D eigenvalue weighted by atomic mass is 19.4. The first-order valence-corrected chi connectivity index (χ1v) is 8.63. The summed E-state index contributed by atoms with van der Waals surface area (Å²) in [5.74, 6) is -0.252. The zero-order chi connectivity index (χ0) is 21.9. The van der Waals surface area contributed by atoms with E-state index in [0.29, 0.717) is 28.3 Å². The second kappa shape index (κ2) is 8.32. The molecule has 3 aromatic rings. The van der Waals surface area contributed by atoms with Crippen LogP contribution in [0.3, 0.4) is 0 Å². The molecule has 0 unspecified atom stereocenters. The molecule has 0 saturated carbocycles. The summed E-state index contributed by atoms with van der Waals surface area (Å²) in [6, 6.07) is 9.69. The molecule has 0 fully saturated rings. The Kier molecular flexibility index (Phi) is 5.81. The van der Waals surface area contributed by atoms with E-state index < -0.39 is 17.7 Å². The largest absolute Gasteiger partial charge is 0.493 e. The molecule has 1 heterocycles. The predicted molar refractivity (Wildman–Crippen MR) is 104 cm³/mol. The molecule has 0 radical (unpaired) electrons. The molecule has 3 rings (SSSR count). The van der Waals surface area contributed by atoms with Crippen LogP contribution in [0.2, 0.25) is 0 Å². The molecule has 0 aliphatic carbocycles. The molecule has 6 nitrogen and oxygen atoms in total. The van der Waals surface area contributed by atoms with Gasteiger partial charge in [0, 0.05) is 23.4 Å². The van der Waals surface area contributed by atoms with Crippen LogP contribution in [0.1, 0.15) is 11.1 Å². The summed E-state index contributed by atoms with van der Waals surface area (Å²) in [4.78, 5) is 11.0. The molecule has 0 aliphatic rings. The van der Waals surface area contributed by atoms with Gasteiger partial charge in [0.15, 0.2) is 11.5 Å². The molecule has 1 N–H and O–H groups in total. The molecule has 0 atom stereocenters. The van der Waals surface area contributed by atoms with Gasteiger partial charge in [0.1, 0.15) is 5.69 Å². The van der Waals surface area contributed by atoms with Gasteiger partial charge in [-0.25, -0.2) is 9.48 Å². The highest BCUT2D eigenvalue weighted by Crippen LogP contribution is 2.34. The van der Waals surface area contributed by atoms with Crippen LogP contribution in [-0.4, -0.2) is 35.1 Å². The number of halogens is 3. The smallest absolute Gasteiger partial charge is 0.416 e. The fourth-order valence-corrected chi connectivity index (χ4v) is 2.84. The van der Waals surface area contributed by atoms with Crippen LogP contribution in [0.25, 0.3) is 23.0 Å². The van der Waals surface area contributed by atoms with Crippen molar-refractivity contribution >= 4 is 12.0 Å². The van der Waals surface area contributed by atoms with E-state index in [2.05, 4.69) is 5.10 Å². The number of rotatable bonds is 6. The fraction of sp³-hybridized carbons (Fsp3) is 0.143. The summed E-state index contributed by atoms with van der Waals surface area (Å²) in [5.41, 5.74) is 0.712. The third kappa shape index (κ3) is 4.45. The van der Waals surface area contributed by atoms with Crippen LogP contribution in [0, 0.1) is 0 Å². The van der Waals surface area contributed by atoms with E-state index in [1.165, 1.54) is 43.3 Å². The summed E-state index contributed by atoms with van der Waals surface area (Å²) in [6.07, 6.45) is -0.786. The number of hydrogen-bond acceptors (Lipinski definition) is 4. The van der Waals surface area contributed by atoms with Crippen LogP contribution in [-0.2, 0) is 11.0 Å². The molecule has 0 spiro atoms. The van der Waals surface area contributed by atoms with Gasteiger partial charge >= 0.3 is 12.1 Å². The monoisotopic (exact) mass is 418 g/mol. The van der Waals surface area contributed by atoms with E-state index in [9.17, 15) is 18.0 Å². The minimum atomic E-state index is -4.50. The topological polar surface area (TPSA) is 73.6 Å². The molecule has 30 heavy (non-hydrogen) atoms. The fourth-order valence-electron chi connectivity index (χ4n) is 2.84. The normalized spacial score (nSPS) is 11.6. The van der Waals surface area contributed by atoms with Crippen molar-refractivity contribution in [2.24, 2.45) is 0 Å². The van der Waals surface area contributed by atoms with Crippen molar-refractivity contribution in [3.8, 4) is 28.4 Å². The first kappa shape index (κ1) is 21.0. The zero-order valence-electron chi connectivity index (χ0n) is 16.0. The highest BCUT2D eigenvalue weighted by Gasteiger charge is 2.30. The van der Waals surface area contributed by atoms with Crippen LogP contribution in [0.4, 0.5) is 13.2 Å². The number of ether oxygens (including phenoxy) is 2. The summed E-state index contributed by atoms with van der Waals surface area (Å²) < 4.78 is 51.0. The maximum Gasteiger partial charge on any atom is 0.416 e. The third-order valence-corrected chi connectivity index (χ3v) is 4.24. The quantitative estimate of drug-likeness (QED) is 0.589. The Labute approximate surface area is 169 Å². The summed E-state index contributed by atoms with van der Waals surface area (Å²) in [7, 11) is 2.95. The molecule has 9 heteroatoms. The van der Waals surface area contributed by atoms with Crippen molar-refractivity contribution in [1.82, 2.24) is 9.78 Å². The molecule has 1 aromatic heterocycles. The number of carboxylic acids is 1. The van der Waals surface area contributed by atoms with Gasteiger partial charge in [0.25, 0.3) is 0 Å². The van der Waals surface area contributed by atoms with E-state index >= 15 is 0 Å². The number of aromatic nitrogens is 2. The molecule has 0 bridgehead atoms. The van der Waals surface area contributed by atoms with Gasteiger partial charge in [-0.2, -0.15) is 18.3 Å². The van der Waals surface area contributed by atoms with Crippen molar-refractivity contribution in [1.29, 1.82) is 0 Å². The summed E-state index contributed by atoms with van der Waals surface area (Å²) in [6.45, 7) is 0. The SMILES string of the molecule is COc1ccc(-c2nn(-c3cccc(C(F)(F)F)c3)cc2/C=C/C(=O)O)cc1OC.